The van der Waals surface area contributed by atoms with E-state index in [2.05, 4.69) is 10.6 Å². The Morgan fingerprint density at radius 1 is 1.17 bits per heavy atom. The lowest BCUT2D eigenvalue weighted by molar-refractivity contribution is -0.133. The summed E-state index contributed by atoms with van der Waals surface area (Å²) >= 11 is 0. The van der Waals surface area contributed by atoms with E-state index in [1.807, 2.05) is 11.8 Å². The number of hydrogen-bond donors (Lipinski definition) is 2. The predicted molar refractivity (Wildman–Crippen MR) is 69.2 cm³/mol. The Morgan fingerprint density at radius 2 is 1.83 bits per heavy atom. The molecule has 0 aromatic rings. The van der Waals surface area contributed by atoms with E-state index in [4.69, 9.17) is 0 Å². The maximum absolute atomic E-state index is 11.9. The zero-order valence-corrected chi connectivity index (χ0v) is 11.1. The van der Waals surface area contributed by atoms with Crippen LogP contribution < -0.4 is 10.6 Å². The van der Waals surface area contributed by atoms with E-state index in [-0.39, 0.29) is 12.1 Å². The summed E-state index contributed by atoms with van der Waals surface area (Å²) in [6, 6.07) is 0.133. The molecule has 2 fully saturated rings. The molecule has 2 rings (SSSR count). The third-order valence-electron chi connectivity index (χ3n) is 3.60. The highest BCUT2D eigenvalue weighted by Gasteiger charge is 2.34. The van der Waals surface area contributed by atoms with Crippen LogP contribution in [-0.2, 0) is 4.79 Å². The molecule has 5 heteroatoms. The Labute approximate surface area is 108 Å². The first kappa shape index (κ1) is 13.2. The molecule has 0 spiro atoms. The molecule has 1 saturated heterocycles. The zero-order chi connectivity index (χ0) is 13.0. The van der Waals surface area contributed by atoms with Crippen molar-refractivity contribution < 1.29 is 9.59 Å². The fraction of sp³-hybridized carbons (Fsp3) is 0.846. The Balaban J connectivity index is 1.66. The molecule has 0 atom stereocenters. The van der Waals surface area contributed by atoms with E-state index in [1.165, 1.54) is 0 Å². The first-order chi connectivity index (χ1) is 8.70. The highest BCUT2D eigenvalue weighted by molar-refractivity contribution is 5.81. The average molecular weight is 253 g/mol. The van der Waals surface area contributed by atoms with Crippen molar-refractivity contribution in [3.8, 4) is 0 Å². The third kappa shape index (κ3) is 3.62. The molecule has 2 N–H and O–H groups in total. The first-order valence-electron chi connectivity index (χ1n) is 7.04. The summed E-state index contributed by atoms with van der Waals surface area (Å²) in [6.07, 6.45) is 4.82. The van der Waals surface area contributed by atoms with Crippen molar-refractivity contribution in [3.63, 3.8) is 0 Å². The minimum atomic E-state index is -0.0798. The van der Waals surface area contributed by atoms with Crippen molar-refractivity contribution in [2.75, 3.05) is 19.6 Å². The standard InChI is InChI=1S/C13H23N3O2/c1-2-7-14-13(18)15-11-5-8-16(9-6-11)12(17)10-3-4-10/h10-11H,2-9H2,1H3,(H2,14,15,18). The van der Waals surface area contributed by atoms with Gasteiger partial charge in [-0.2, -0.15) is 0 Å². The molecule has 0 unspecified atom stereocenters. The average Bonchev–Trinajstić information content (AvgIpc) is 3.21. The second-order valence-electron chi connectivity index (χ2n) is 5.27. The van der Waals surface area contributed by atoms with Crippen molar-refractivity contribution in [2.45, 2.75) is 45.1 Å². The lowest BCUT2D eigenvalue weighted by Crippen LogP contribution is -2.49. The summed E-state index contributed by atoms with van der Waals surface area (Å²) in [5, 5.41) is 5.78. The number of hydrogen-bond acceptors (Lipinski definition) is 2. The molecular weight excluding hydrogens is 230 g/mol. The maximum atomic E-state index is 11.9. The van der Waals surface area contributed by atoms with Crippen LogP contribution in [0.4, 0.5) is 4.79 Å². The molecular formula is C13H23N3O2. The van der Waals surface area contributed by atoms with Gasteiger partial charge in [0.1, 0.15) is 0 Å². The Morgan fingerprint density at radius 3 is 2.39 bits per heavy atom. The van der Waals surface area contributed by atoms with E-state index >= 15 is 0 Å². The number of nitrogens with one attached hydrogen (secondary N) is 2. The number of carbonyl (C=O) groups is 2. The van der Waals surface area contributed by atoms with Crippen LogP contribution in [0.2, 0.25) is 0 Å². The normalized spacial score (nSPS) is 20.6. The molecule has 0 radical (unpaired) electrons. The summed E-state index contributed by atoms with van der Waals surface area (Å²) in [6.45, 7) is 4.31. The molecule has 0 bridgehead atoms. The molecule has 2 aliphatic rings. The summed E-state index contributed by atoms with van der Waals surface area (Å²) in [4.78, 5) is 25.3. The van der Waals surface area contributed by atoms with Gasteiger partial charge in [0.25, 0.3) is 0 Å². The number of amides is 3. The van der Waals surface area contributed by atoms with Crippen LogP contribution in [0, 0.1) is 5.92 Å². The van der Waals surface area contributed by atoms with E-state index in [9.17, 15) is 9.59 Å². The van der Waals surface area contributed by atoms with Crippen LogP contribution >= 0.6 is 0 Å². The van der Waals surface area contributed by atoms with E-state index < -0.39 is 0 Å². The predicted octanol–water partition coefficient (Wildman–Crippen LogP) is 1.10. The quantitative estimate of drug-likeness (QED) is 0.788. The molecule has 0 aromatic carbocycles. The second-order valence-corrected chi connectivity index (χ2v) is 5.27. The van der Waals surface area contributed by atoms with Gasteiger partial charge in [-0.3, -0.25) is 4.79 Å². The summed E-state index contributed by atoms with van der Waals surface area (Å²) in [5.41, 5.74) is 0. The van der Waals surface area contributed by atoms with Gasteiger partial charge in [-0.15, -0.1) is 0 Å². The van der Waals surface area contributed by atoms with Crippen molar-refractivity contribution in [1.29, 1.82) is 0 Å². The van der Waals surface area contributed by atoms with E-state index in [0.29, 0.717) is 18.4 Å². The molecule has 5 nitrogen and oxygen atoms in total. The Bertz CT molecular complexity index is 307. The first-order valence-corrected chi connectivity index (χ1v) is 7.04. The molecule has 0 aromatic heterocycles. The summed E-state index contributed by atoms with van der Waals surface area (Å²) in [7, 11) is 0. The Kier molecular flexibility index (Phi) is 4.44. The molecule has 1 aliphatic carbocycles. The highest BCUT2D eigenvalue weighted by atomic mass is 16.2. The van der Waals surface area contributed by atoms with Gasteiger partial charge in [0.05, 0.1) is 0 Å². The number of nitrogens with zero attached hydrogens (tertiary/aromatic N) is 1. The van der Waals surface area contributed by atoms with Crippen LogP contribution in [0.1, 0.15) is 39.0 Å². The number of urea groups is 1. The third-order valence-corrected chi connectivity index (χ3v) is 3.60. The van der Waals surface area contributed by atoms with Gasteiger partial charge in [0, 0.05) is 31.6 Å². The second kappa shape index (κ2) is 6.07. The van der Waals surface area contributed by atoms with Crippen molar-refractivity contribution in [2.24, 2.45) is 5.92 Å². The smallest absolute Gasteiger partial charge is 0.315 e. The zero-order valence-electron chi connectivity index (χ0n) is 11.1. The molecule has 18 heavy (non-hydrogen) atoms. The lowest BCUT2D eigenvalue weighted by Gasteiger charge is -2.32. The van der Waals surface area contributed by atoms with Crippen LogP contribution in [-0.4, -0.2) is 42.5 Å². The minimum Gasteiger partial charge on any atom is -0.342 e. The lowest BCUT2D eigenvalue weighted by atomic mass is 10.0. The summed E-state index contributed by atoms with van der Waals surface area (Å²) in [5.74, 6) is 0.631. The molecule has 1 saturated carbocycles. The van der Waals surface area contributed by atoms with Gasteiger partial charge in [0.2, 0.25) is 5.91 Å². The molecule has 1 heterocycles. The van der Waals surface area contributed by atoms with Crippen molar-refractivity contribution >= 4 is 11.9 Å². The van der Waals surface area contributed by atoms with Gasteiger partial charge >= 0.3 is 6.03 Å². The number of rotatable bonds is 4. The molecule has 3 amide bonds. The van der Waals surface area contributed by atoms with Gasteiger partial charge in [0.15, 0.2) is 0 Å². The van der Waals surface area contributed by atoms with Crippen LogP contribution in [0.5, 0.6) is 0 Å². The van der Waals surface area contributed by atoms with Gasteiger partial charge in [-0.05, 0) is 32.1 Å². The SMILES string of the molecule is CCCNC(=O)NC1CCN(C(=O)C2CC2)CC1. The highest BCUT2D eigenvalue weighted by Crippen LogP contribution is 2.31. The number of carbonyl (C=O) groups excluding carboxylic acids is 2. The largest absolute Gasteiger partial charge is 0.342 e. The van der Waals surface area contributed by atoms with Gasteiger partial charge in [-0.1, -0.05) is 6.92 Å². The van der Waals surface area contributed by atoms with Crippen molar-refractivity contribution in [3.05, 3.63) is 0 Å². The topological polar surface area (TPSA) is 61.4 Å². The fourth-order valence-corrected chi connectivity index (χ4v) is 2.31. The minimum absolute atomic E-state index is 0.0798. The van der Waals surface area contributed by atoms with E-state index in [1.54, 1.807) is 0 Å². The number of piperidine rings is 1. The van der Waals surface area contributed by atoms with Crippen molar-refractivity contribution in [1.82, 2.24) is 15.5 Å². The van der Waals surface area contributed by atoms with Gasteiger partial charge < -0.3 is 15.5 Å². The number of likely N-dealkylation sites (tertiary alicyclic amines) is 1. The van der Waals surface area contributed by atoms with E-state index in [0.717, 1.165) is 45.2 Å². The fourth-order valence-electron chi connectivity index (χ4n) is 2.31. The Hall–Kier alpha value is -1.26. The molecule has 1 aliphatic heterocycles. The van der Waals surface area contributed by atoms with Crippen LogP contribution in [0.3, 0.4) is 0 Å². The van der Waals surface area contributed by atoms with Crippen LogP contribution in [0.15, 0.2) is 0 Å². The summed E-state index contributed by atoms with van der Waals surface area (Å²) < 4.78 is 0. The van der Waals surface area contributed by atoms with Gasteiger partial charge in [-0.25, -0.2) is 4.79 Å². The maximum Gasteiger partial charge on any atom is 0.315 e. The molecule has 102 valence electrons. The monoisotopic (exact) mass is 253 g/mol. The van der Waals surface area contributed by atoms with Crippen LogP contribution in [0.25, 0.3) is 0 Å².